The second-order valence-electron chi connectivity index (χ2n) is 7.38. The van der Waals surface area contributed by atoms with E-state index in [2.05, 4.69) is 28.3 Å². The Morgan fingerprint density at radius 3 is 3.00 bits per heavy atom. The number of aryl methyl sites for hydroxylation is 1. The van der Waals surface area contributed by atoms with Crippen LogP contribution < -0.4 is 0 Å². The Labute approximate surface area is 133 Å². The van der Waals surface area contributed by atoms with Gasteiger partial charge in [-0.05, 0) is 44.4 Å². The van der Waals surface area contributed by atoms with Crippen molar-refractivity contribution in [3.8, 4) is 0 Å². The Hall–Kier alpha value is -1.32. The van der Waals surface area contributed by atoms with Gasteiger partial charge in [-0.15, -0.1) is 0 Å². The van der Waals surface area contributed by atoms with E-state index in [9.17, 15) is 4.79 Å². The Morgan fingerprint density at radius 2 is 2.18 bits per heavy atom. The topological polar surface area (TPSA) is 38.1 Å². The predicted molar refractivity (Wildman–Crippen MR) is 87.5 cm³/mol. The smallest absolute Gasteiger partial charge is 0.226 e. The molecule has 0 spiro atoms. The fraction of sp³-hybridized carbons (Fsp3) is 0.778. The summed E-state index contributed by atoms with van der Waals surface area (Å²) in [5.74, 6) is 2.35. The van der Waals surface area contributed by atoms with Crippen LogP contribution in [0.4, 0.5) is 0 Å². The van der Waals surface area contributed by atoms with Crippen molar-refractivity contribution < 1.29 is 4.79 Å². The van der Waals surface area contributed by atoms with Crippen LogP contribution in [0.15, 0.2) is 12.4 Å². The minimum Gasteiger partial charge on any atom is -0.339 e. The van der Waals surface area contributed by atoms with Crippen LogP contribution in [0.3, 0.4) is 0 Å². The third kappa shape index (κ3) is 3.36. The Bertz CT molecular complexity index is 508. The quantitative estimate of drug-likeness (QED) is 0.856. The zero-order valence-electron chi connectivity index (χ0n) is 14.0. The number of hydrogen-bond donors (Lipinski definition) is 0. The summed E-state index contributed by atoms with van der Waals surface area (Å²) in [6.45, 7) is 6.45. The summed E-state index contributed by atoms with van der Waals surface area (Å²) in [5, 5.41) is 0. The lowest BCUT2D eigenvalue weighted by atomic mass is 9.90. The summed E-state index contributed by atoms with van der Waals surface area (Å²) in [4.78, 5) is 19.7. The molecule has 0 saturated carbocycles. The van der Waals surface area contributed by atoms with E-state index in [4.69, 9.17) is 0 Å². The summed E-state index contributed by atoms with van der Waals surface area (Å²) < 4.78 is 2.19. The molecule has 1 amide bonds. The van der Waals surface area contributed by atoms with Gasteiger partial charge in [0.2, 0.25) is 5.91 Å². The van der Waals surface area contributed by atoms with E-state index in [-0.39, 0.29) is 5.92 Å². The van der Waals surface area contributed by atoms with E-state index < -0.39 is 0 Å². The van der Waals surface area contributed by atoms with Gasteiger partial charge in [0.25, 0.3) is 0 Å². The molecule has 1 aromatic rings. The van der Waals surface area contributed by atoms with Gasteiger partial charge in [0.1, 0.15) is 5.82 Å². The maximum atomic E-state index is 13.0. The fourth-order valence-corrected chi connectivity index (χ4v) is 3.91. The second kappa shape index (κ2) is 6.84. The van der Waals surface area contributed by atoms with E-state index in [1.807, 2.05) is 12.4 Å². The molecule has 1 saturated heterocycles. The molecular formula is C18H29N3O. The third-order valence-electron chi connectivity index (χ3n) is 5.29. The highest BCUT2D eigenvalue weighted by Gasteiger charge is 2.33. The molecule has 0 radical (unpaired) electrons. The first kappa shape index (κ1) is 15.6. The van der Waals surface area contributed by atoms with Crippen molar-refractivity contribution in [2.45, 2.75) is 71.4 Å². The minimum absolute atomic E-state index is 0.148. The van der Waals surface area contributed by atoms with Gasteiger partial charge in [0.15, 0.2) is 0 Å². The molecule has 122 valence electrons. The van der Waals surface area contributed by atoms with Crippen LogP contribution in [0.5, 0.6) is 0 Å². The van der Waals surface area contributed by atoms with Crippen molar-refractivity contribution in [3.05, 3.63) is 18.2 Å². The summed E-state index contributed by atoms with van der Waals surface area (Å²) in [6, 6.07) is 0.477. The molecule has 2 aliphatic heterocycles. The molecule has 4 heteroatoms. The molecular weight excluding hydrogens is 274 g/mol. The highest BCUT2D eigenvalue weighted by Crippen LogP contribution is 2.28. The molecule has 2 aliphatic rings. The van der Waals surface area contributed by atoms with E-state index in [1.54, 1.807) is 0 Å². The maximum absolute atomic E-state index is 13.0. The van der Waals surface area contributed by atoms with Gasteiger partial charge >= 0.3 is 0 Å². The van der Waals surface area contributed by atoms with Crippen LogP contribution in [-0.4, -0.2) is 32.9 Å². The van der Waals surface area contributed by atoms with E-state index in [0.29, 0.717) is 11.9 Å². The first-order chi connectivity index (χ1) is 10.6. The van der Waals surface area contributed by atoms with Gasteiger partial charge in [0, 0.05) is 43.9 Å². The highest BCUT2D eigenvalue weighted by molar-refractivity contribution is 5.79. The van der Waals surface area contributed by atoms with Crippen LogP contribution in [0.2, 0.25) is 0 Å². The Morgan fingerprint density at radius 1 is 1.32 bits per heavy atom. The number of hydrogen-bond acceptors (Lipinski definition) is 2. The van der Waals surface area contributed by atoms with Crippen LogP contribution in [0, 0.1) is 11.8 Å². The molecule has 0 aromatic carbocycles. The Kier molecular flexibility index (Phi) is 4.84. The van der Waals surface area contributed by atoms with E-state index in [1.165, 1.54) is 32.1 Å². The number of amides is 1. The average Bonchev–Trinajstić information content (AvgIpc) is 3.00. The van der Waals surface area contributed by atoms with Crippen molar-refractivity contribution in [2.24, 2.45) is 11.8 Å². The van der Waals surface area contributed by atoms with Crippen LogP contribution >= 0.6 is 0 Å². The lowest BCUT2D eigenvalue weighted by Crippen LogP contribution is -2.47. The number of likely N-dealkylation sites (tertiary alicyclic amines) is 1. The van der Waals surface area contributed by atoms with Crippen LogP contribution in [0.25, 0.3) is 0 Å². The number of aromatic nitrogens is 2. The van der Waals surface area contributed by atoms with Gasteiger partial charge < -0.3 is 9.47 Å². The summed E-state index contributed by atoms with van der Waals surface area (Å²) in [5.41, 5.74) is 0. The van der Waals surface area contributed by atoms with Gasteiger partial charge in [-0.3, -0.25) is 4.79 Å². The number of nitrogens with zero attached hydrogens (tertiary/aromatic N) is 3. The monoisotopic (exact) mass is 303 g/mol. The zero-order chi connectivity index (χ0) is 15.5. The van der Waals surface area contributed by atoms with Crippen molar-refractivity contribution in [3.63, 3.8) is 0 Å². The zero-order valence-corrected chi connectivity index (χ0v) is 14.0. The molecule has 0 N–H and O–H groups in total. The molecule has 0 bridgehead atoms. The predicted octanol–water partition coefficient (Wildman–Crippen LogP) is 3.26. The molecule has 22 heavy (non-hydrogen) atoms. The number of imidazole rings is 1. The van der Waals surface area contributed by atoms with Crippen molar-refractivity contribution >= 4 is 5.91 Å². The third-order valence-corrected chi connectivity index (χ3v) is 5.29. The first-order valence-corrected chi connectivity index (χ1v) is 8.95. The summed E-state index contributed by atoms with van der Waals surface area (Å²) in [6.07, 6.45) is 11.7. The standard InChI is InChI=1S/C18H29N3O/c1-14(2)6-7-16-5-3-4-10-21(16)18(22)15-8-11-20-12-9-19-17(20)13-15/h9,12,14-16H,3-8,10-11,13H2,1-2H3/t15-,16-/m1/s1. The molecule has 3 rings (SSSR count). The minimum atomic E-state index is 0.148. The largest absolute Gasteiger partial charge is 0.339 e. The van der Waals surface area contributed by atoms with Gasteiger partial charge in [-0.1, -0.05) is 13.8 Å². The maximum Gasteiger partial charge on any atom is 0.226 e. The molecule has 4 nitrogen and oxygen atoms in total. The average molecular weight is 303 g/mol. The SMILES string of the molecule is CC(C)CC[C@H]1CCCCN1C(=O)[C@@H]1CCn2ccnc2C1. The van der Waals surface area contributed by atoms with Crippen LogP contribution in [-0.2, 0) is 17.8 Å². The molecule has 1 aromatic heterocycles. The molecule has 0 aliphatic carbocycles. The number of carbonyl (C=O) groups excluding carboxylic acids is 1. The van der Waals surface area contributed by atoms with Crippen molar-refractivity contribution in [1.29, 1.82) is 0 Å². The lowest BCUT2D eigenvalue weighted by Gasteiger charge is -2.39. The van der Waals surface area contributed by atoms with Crippen molar-refractivity contribution in [1.82, 2.24) is 14.5 Å². The number of fused-ring (bicyclic) bond motifs is 1. The molecule has 0 unspecified atom stereocenters. The van der Waals surface area contributed by atoms with Crippen LogP contribution in [0.1, 0.15) is 58.2 Å². The number of carbonyl (C=O) groups is 1. The molecule has 2 atom stereocenters. The van der Waals surface area contributed by atoms with E-state index in [0.717, 1.165) is 37.7 Å². The lowest BCUT2D eigenvalue weighted by molar-refractivity contribution is -0.140. The first-order valence-electron chi connectivity index (χ1n) is 8.95. The fourth-order valence-electron chi connectivity index (χ4n) is 3.91. The van der Waals surface area contributed by atoms with E-state index >= 15 is 0 Å². The number of rotatable bonds is 4. The van der Waals surface area contributed by atoms with Gasteiger partial charge in [-0.25, -0.2) is 4.98 Å². The Balaban J connectivity index is 1.64. The summed E-state index contributed by atoms with van der Waals surface area (Å²) >= 11 is 0. The second-order valence-corrected chi connectivity index (χ2v) is 7.38. The molecule has 3 heterocycles. The van der Waals surface area contributed by atoms with Gasteiger partial charge in [0.05, 0.1) is 0 Å². The molecule has 1 fully saturated rings. The highest BCUT2D eigenvalue weighted by atomic mass is 16.2. The number of piperidine rings is 1. The van der Waals surface area contributed by atoms with Crippen molar-refractivity contribution in [2.75, 3.05) is 6.54 Å². The normalized spacial score (nSPS) is 25.3. The van der Waals surface area contributed by atoms with Gasteiger partial charge in [-0.2, -0.15) is 0 Å². The summed E-state index contributed by atoms with van der Waals surface area (Å²) in [7, 11) is 0.